The normalized spacial score (nSPS) is 17.2. The van der Waals surface area contributed by atoms with Gasteiger partial charge in [0.1, 0.15) is 0 Å². The molecule has 4 nitrogen and oxygen atoms in total. The molecule has 4 heteroatoms. The van der Waals surface area contributed by atoms with Crippen molar-refractivity contribution in [1.29, 1.82) is 0 Å². The average molecular weight is 336 g/mol. The molecule has 0 bridgehead atoms. The molecular formula is C21H24N2O2. The fourth-order valence-corrected chi connectivity index (χ4v) is 3.38. The van der Waals surface area contributed by atoms with Crippen molar-refractivity contribution in [3.8, 4) is 0 Å². The summed E-state index contributed by atoms with van der Waals surface area (Å²) in [6.45, 7) is 1.86. The molecule has 25 heavy (non-hydrogen) atoms. The lowest BCUT2D eigenvalue weighted by Crippen LogP contribution is -2.38. The second-order valence-corrected chi connectivity index (χ2v) is 6.66. The summed E-state index contributed by atoms with van der Waals surface area (Å²) in [5.74, 6) is -0.175. The number of rotatable bonds is 5. The second kappa shape index (κ2) is 7.97. The van der Waals surface area contributed by atoms with Crippen molar-refractivity contribution < 1.29 is 9.59 Å². The number of carbonyl (C=O) groups is 2. The summed E-state index contributed by atoms with van der Waals surface area (Å²) in [6.07, 6.45) is 3.40. The minimum absolute atomic E-state index is 0.0254. The highest BCUT2D eigenvalue weighted by molar-refractivity contribution is 5.94. The minimum atomic E-state index is -0.216. The van der Waals surface area contributed by atoms with Crippen LogP contribution in [-0.4, -0.2) is 17.9 Å². The SMILES string of the molecule is C[C@@H](CC(=O)N[C@H]1CCCc2ccccc21)NC(=O)c1ccccc1. The summed E-state index contributed by atoms with van der Waals surface area (Å²) in [4.78, 5) is 24.5. The molecule has 1 aliphatic rings. The van der Waals surface area contributed by atoms with E-state index in [0.717, 1.165) is 19.3 Å². The highest BCUT2D eigenvalue weighted by Gasteiger charge is 2.22. The Morgan fingerprint density at radius 2 is 1.80 bits per heavy atom. The molecule has 0 radical (unpaired) electrons. The molecule has 0 spiro atoms. The molecule has 2 N–H and O–H groups in total. The summed E-state index contributed by atoms with van der Waals surface area (Å²) >= 11 is 0. The Bertz CT molecular complexity index is 743. The van der Waals surface area contributed by atoms with Crippen molar-refractivity contribution in [3.05, 3.63) is 71.3 Å². The summed E-state index contributed by atoms with van der Waals surface area (Å²) in [5, 5.41) is 6.01. The molecule has 3 rings (SSSR count). The molecule has 0 aliphatic heterocycles. The maximum atomic E-state index is 12.4. The summed E-state index contributed by atoms with van der Waals surface area (Å²) in [6, 6.07) is 17.2. The third-order valence-corrected chi connectivity index (χ3v) is 4.61. The van der Waals surface area contributed by atoms with Gasteiger partial charge in [0.25, 0.3) is 5.91 Å². The number of carbonyl (C=O) groups excluding carboxylic acids is 2. The number of nitrogens with one attached hydrogen (secondary N) is 2. The second-order valence-electron chi connectivity index (χ2n) is 6.66. The Morgan fingerprint density at radius 1 is 1.08 bits per heavy atom. The van der Waals surface area contributed by atoms with E-state index < -0.39 is 0 Å². The van der Waals surface area contributed by atoms with Crippen LogP contribution in [0.4, 0.5) is 0 Å². The van der Waals surface area contributed by atoms with Crippen molar-refractivity contribution >= 4 is 11.8 Å². The van der Waals surface area contributed by atoms with Gasteiger partial charge in [0, 0.05) is 18.0 Å². The first-order chi connectivity index (χ1) is 12.1. The van der Waals surface area contributed by atoms with E-state index in [-0.39, 0.29) is 30.3 Å². The van der Waals surface area contributed by atoms with Crippen LogP contribution in [0.5, 0.6) is 0 Å². The van der Waals surface area contributed by atoms with E-state index >= 15 is 0 Å². The maximum Gasteiger partial charge on any atom is 0.251 e. The third-order valence-electron chi connectivity index (χ3n) is 4.61. The molecule has 0 fully saturated rings. The van der Waals surface area contributed by atoms with Crippen LogP contribution in [0.15, 0.2) is 54.6 Å². The Morgan fingerprint density at radius 3 is 2.60 bits per heavy atom. The molecule has 0 unspecified atom stereocenters. The number of aryl methyl sites for hydroxylation is 1. The van der Waals surface area contributed by atoms with Crippen LogP contribution in [0.25, 0.3) is 0 Å². The maximum absolute atomic E-state index is 12.4. The molecule has 2 amide bonds. The molecule has 2 atom stereocenters. The van der Waals surface area contributed by atoms with Crippen molar-refractivity contribution in [1.82, 2.24) is 10.6 Å². The average Bonchev–Trinajstić information content (AvgIpc) is 2.62. The predicted octanol–water partition coefficient (Wildman–Crippen LogP) is 3.39. The van der Waals surface area contributed by atoms with Gasteiger partial charge < -0.3 is 10.6 Å². The topological polar surface area (TPSA) is 58.2 Å². The Labute approximate surface area is 148 Å². The molecule has 0 heterocycles. The number of amides is 2. The lowest BCUT2D eigenvalue weighted by molar-refractivity contribution is -0.122. The van der Waals surface area contributed by atoms with Gasteiger partial charge in [0.2, 0.25) is 5.91 Å². The first-order valence-electron chi connectivity index (χ1n) is 8.86. The van der Waals surface area contributed by atoms with Gasteiger partial charge in [0.05, 0.1) is 6.04 Å². The van der Waals surface area contributed by atoms with Gasteiger partial charge in [0.15, 0.2) is 0 Å². The van der Waals surface area contributed by atoms with Crippen molar-refractivity contribution in [3.63, 3.8) is 0 Å². The van der Waals surface area contributed by atoms with Gasteiger partial charge in [-0.25, -0.2) is 0 Å². The lowest BCUT2D eigenvalue weighted by atomic mass is 9.87. The van der Waals surface area contributed by atoms with E-state index in [1.54, 1.807) is 12.1 Å². The predicted molar refractivity (Wildman–Crippen MR) is 98.3 cm³/mol. The highest BCUT2D eigenvalue weighted by atomic mass is 16.2. The third kappa shape index (κ3) is 4.47. The van der Waals surface area contributed by atoms with Gasteiger partial charge in [-0.15, -0.1) is 0 Å². The fourth-order valence-electron chi connectivity index (χ4n) is 3.38. The molecule has 2 aromatic rings. The van der Waals surface area contributed by atoms with Gasteiger partial charge in [-0.3, -0.25) is 9.59 Å². The van der Waals surface area contributed by atoms with Crippen molar-refractivity contribution in [2.24, 2.45) is 0 Å². The molecule has 0 aromatic heterocycles. The summed E-state index contributed by atoms with van der Waals surface area (Å²) in [7, 11) is 0. The van der Waals surface area contributed by atoms with E-state index in [9.17, 15) is 9.59 Å². The molecule has 2 aromatic carbocycles. The van der Waals surface area contributed by atoms with Crippen LogP contribution in [0, 0.1) is 0 Å². The minimum Gasteiger partial charge on any atom is -0.349 e. The van der Waals surface area contributed by atoms with Crippen molar-refractivity contribution in [2.45, 2.75) is 44.7 Å². The van der Waals surface area contributed by atoms with E-state index in [4.69, 9.17) is 0 Å². The summed E-state index contributed by atoms with van der Waals surface area (Å²) < 4.78 is 0. The van der Waals surface area contributed by atoms with Crippen LogP contribution in [0.3, 0.4) is 0 Å². The fraction of sp³-hybridized carbons (Fsp3) is 0.333. The molecule has 130 valence electrons. The summed E-state index contributed by atoms with van der Waals surface area (Å²) in [5.41, 5.74) is 3.16. The van der Waals surface area contributed by atoms with Crippen LogP contribution in [-0.2, 0) is 11.2 Å². The number of benzene rings is 2. The standard InChI is InChI=1S/C21H24N2O2/c1-15(22-21(25)17-9-3-2-4-10-17)14-20(24)23-19-13-7-11-16-8-5-6-12-18(16)19/h2-6,8-10,12,15,19H,7,11,13-14H2,1H3,(H,22,25)(H,23,24)/t15-,19-/m0/s1. The van der Waals surface area contributed by atoms with E-state index in [2.05, 4.69) is 22.8 Å². The number of hydrogen-bond acceptors (Lipinski definition) is 2. The van der Waals surface area contributed by atoms with Gasteiger partial charge in [-0.1, -0.05) is 42.5 Å². The van der Waals surface area contributed by atoms with Gasteiger partial charge in [-0.05, 0) is 49.4 Å². The largest absolute Gasteiger partial charge is 0.349 e. The van der Waals surface area contributed by atoms with Crippen LogP contribution in [0.2, 0.25) is 0 Å². The van der Waals surface area contributed by atoms with Crippen LogP contribution >= 0.6 is 0 Å². The first-order valence-corrected chi connectivity index (χ1v) is 8.86. The Balaban J connectivity index is 1.54. The molecule has 1 aliphatic carbocycles. The Kier molecular flexibility index (Phi) is 5.49. The van der Waals surface area contributed by atoms with E-state index in [1.165, 1.54) is 11.1 Å². The van der Waals surface area contributed by atoms with Crippen molar-refractivity contribution in [2.75, 3.05) is 0 Å². The molecule has 0 saturated heterocycles. The van der Waals surface area contributed by atoms with E-state index in [1.807, 2.05) is 37.3 Å². The van der Waals surface area contributed by atoms with Crippen LogP contribution in [0.1, 0.15) is 53.7 Å². The lowest BCUT2D eigenvalue weighted by Gasteiger charge is -2.27. The number of fused-ring (bicyclic) bond motifs is 1. The zero-order valence-electron chi connectivity index (χ0n) is 14.5. The monoisotopic (exact) mass is 336 g/mol. The van der Waals surface area contributed by atoms with Crippen LogP contribution < -0.4 is 10.6 Å². The van der Waals surface area contributed by atoms with E-state index in [0.29, 0.717) is 5.56 Å². The van der Waals surface area contributed by atoms with Gasteiger partial charge in [-0.2, -0.15) is 0 Å². The zero-order chi connectivity index (χ0) is 17.6. The Hall–Kier alpha value is -2.62. The first kappa shape index (κ1) is 17.2. The zero-order valence-corrected chi connectivity index (χ0v) is 14.5. The molecular weight excluding hydrogens is 312 g/mol. The van der Waals surface area contributed by atoms with Gasteiger partial charge >= 0.3 is 0 Å². The quantitative estimate of drug-likeness (QED) is 0.879. The smallest absolute Gasteiger partial charge is 0.251 e. The number of hydrogen-bond donors (Lipinski definition) is 2. The molecule has 0 saturated carbocycles. The highest BCUT2D eigenvalue weighted by Crippen LogP contribution is 2.29.